The van der Waals surface area contributed by atoms with Crippen molar-refractivity contribution in [3.63, 3.8) is 0 Å². The summed E-state index contributed by atoms with van der Waals surface area (Å²) < 4.78 is 10.5. The van der Waals surface area contributed by atoms with Crippen molar-refractivity contribution in [3.8, 4) is 5.75 Å². The van der Waals surface area contributed by atoms with E-state index in [0.717, 1.165) is 12.2 Å². The number of thiocarbonyl (C=S) groups is 1. The summed E-state index contributed by atoms with van der Waals surface area (Å²) in [6, 6.07) is 5.35. The topological polar surface area (TPSA) is 86.3 Å². The molecule has 1 atom stereocenters. The zero-order chi connectivity index (χ0) is 22.0. The number of carbonyl (C=O) groups is 1. The number of carbonyl (C=O) groups excluding carboxylic acids is 1. The van der Waals surface area contributed by atoms with Crippen LogP contribution in [0.25, 0.3) is 0 Å². The highest BCUT2D eigenvalue weighted by Crippen LogP contribution is 2.29. The minimum atomic E-state index is -0.798. The second-order valence-electron chi connectivity index (χ2n) is 7.12. The van der Waals surface area contributed by atoms with Gasteiger partial charge in [0.1, 0.15) is 5.75 Å². The first kappa shape index (κ1) is 24.9. The summed E-state index contributed by atoms with van der Waals surface area (Å²) in [5, 5.41) is 16.1. The summed E-state index contributed by atoms with van der Waals surface area (Å²) in [4.78, 5) is 15.7. The molecule has 164 valence electrons. The van der Waals surface area contributed by atoms with Crippen LogP contribution in [0, 0.1) is 0 Å². The van der Waals surface area contributed by atoms with Crippen molar-refractivity contribution in [1.82, 2.24) is 10.2 Å². The summed E-state index contributed by atoms with van der Waals surface area (Å²) in [6.45, 7) is 5.35. The van der Waals surface area contributed by atoms with Crippen LogP contribution in [0.1, 0.15) is 26.7 Å². The van der Waals surface area contributed by atoms with Crippen LogP contribution in [0.3, 0.4) is 0 Å². The number of aliphatic hydroxyl groups is 1. The van der Waals surface area contributed by atoms with Gasteiger partial charge in [0.25, 0.3) is 0 Å². The Bertz CT molecular complexity index is 684. The lowest BCUT2D eigenvalue weighted by atomic mass is 10.00. The van der Waals surface area contributed by atoms with Crippen LogP contribution < -0.4 is 20.3 Å². The van der Waals surface area contributed by atoms with Crippen molar-refractivity contribution in [2.24, 2.45) is 0 Å². The highest BCUT2D eigenvalue weighted by molar-refractivity contribution is 7.80. The molecule has 0 saturated heterocycles. The van der Waals surface area contributed by atoms with Gasteiger partial charge in [0, 0.05) is 40.0 Å². The van der Waals surface area contributed by atoms with Crippen molar-refractivity contribution in [1.29, 1.82) is 0 Å². The Balaban J connectivity index is 2.76. The fourth-order valence-electron chi connectivity index (χ4n) is 2.41. The maximum atomic E-state index is 12.3. The van der Waals surface area contributed by atoms with Gasteiger partial charge in [-0.15, -0.1) is 0 Å². The van der Waals surface area contributed by atoms with Crippen molar-refractivity contribution < 1.29 is 19.4 Å². The Morgan fingerprint density at radius 1 is 1.31 bits per heavy atom. The van der Waals surface area contributed by atoms with Crippen LogP contribution >= 0.6 is 12.2 Å². The Labute approximate surface area is 179 Å². The van der Waals surface area contributed by atoms with E-state index in [9.17, 15) is 9.90 Å². The van der Waals surface area contributed by atoms with E-state index in [1.807, 2.05) is 37.1 Å². The number of anilines is 2. The molecule has 1 aromatic rings. The Morgan fingerprint density at radius 3 is 2.59 bits per heavy atom. The largest absolute Gasteiger partial charge is 0.495 e. The minimum absolute atomic E-state index is 0.236. The van der Waals surface area contributed by atoms with E-state index in [1.54, 1.807) is 28.2 Å². The zero-order valence-corrected chi connectivity index (χ0v) is 19.1. The lowest BCUT2D eigenvalue weighted by molar-refractivity contribution is 0.0478. The third kappa shape index (κ3) is 8.04. The standard InChI is InChI=1S/C20H34N4O4S/c1-7-20(2,26)10-11-21-18(25)24(4)19(29)22-16-14-15(8-9-17(16)28-6)23(3)12-13-27-5/h8-9,14,26H,7,10-13H2,1-6H3,(H,21,25)(H,22,29). The monoisotopic (exact) mass is 426 g/mol. The van der Waals surface area contributed by atoms with Gasteiger partial charge in [0.05, 0.1) is 25.0 Å². The van der Waals surface area contributed by atoms with Gasteiger partial charge in [-0.2, -0.15) is 0 Å². The highest BCUT2D eigenvalue weighted by atomic mass is 32.1. The van der Waals surface area contributed by atoms with E-state index in [0.29, 0.717) is 37.4 Å². The summed E-state index contributed by atoms with van der Waals surface area (Å²) >= 11 is 5.38. The predicted octanol–water partition coefficient (Wildman–Crippen LogP) is 2.67. The number of hydrogen-bond acceptors (Lipinski definition) is 6. The number of benzene rings is 1. The molecule has 0 aliphatic heterocycles. The first-order chi connectivity index (χ1) is 13.6. The zero-order valence-electron chi connectivity index (χ0n) is 18.2. The third-order valence-corrected chi connectivity index (χ3v) is 5.18. The molecule has 0 aromatic heterocycles. The third-order valence-electron chi connectivity index (χ3n) is 4.81. The number of likely N-dealkylation sites (N-methyl/N-ethyl adjacent to an activating group) is 1. The SMILES string of the molecule is CCC(C)(O)CCNC(=O)N(C)C(=S)Nc1cc(N(C)CCOC)ccc1OC. The van der Waals surface area contributed by atoms with Crippen LogP contribution in [-0.2, 0) is 4.74 Å². The molecule has 8 nitrogen and oxygen atoms in total. The molecule has 0 bridgehead atoms. The highest BCUT2D eigenvalue weighted by Gasteiger charge is 2.19. The van der Waals surface area contributed by atoms with Crippen LogP contribution in [-0.4, -0.2) is 74.8 Å². The van der Waals surface area contributed by atoms with Gasteiger partial charge in [-0.1, -0.05) is 6.92 Å². The normalized spacial score (nSPS) is 12.7. The molecule has 0 aliphatic carbocycles. The minimum Gasteiger partial charge on any atom is -0.495 e. The number of ether oxygens (including phenoxy) is 2. The summed E-state index contributed by atoms with van der Waals surface area (Å²) in [7, 11) is 6.79. The Morgan fingerprint density at radius 2 is 2.00 bits per heavy atom. The van der Waals surface area contributed by atoms with Crippen molar-refractivity contribution >= 4 is 34.7 Å². The van der Waals surface area contributed by atoms with Gasteiger partial charge < -0.3 is 30.1 Å². The number of methoxy groups -OCH3 is 2. The quantitative estimate of drug-likeness (QED) is 0.496. The van der Waals surface area contributed by atoms with Crippen molar-refractivity contribution in [3.05, 3.63) is 18.2 Å². The molecular weight excluding hydrogens is 392 g/mol. The van der Waals surface area contributed by atoms with Gasteiger partial charge in [0.2, 0.25) is 0 Å². The molecule has 1 unspecified atom stereocenters. The summed E-state index contributed by atoms with van der Waals surface area (Å²) in [5.41, 5.74) is 0.822. The number of rotatable bonds is 10. The second-order valence-corrected chi connectivity index (χ2v) is 7.51. The maximum absolute atomic E-state index is 12.3. The molecule has 0 saturated carbocycles. The van der Waals surface area contributed by atoms with Gasteiger partial charge in [-0.25, -0.2) is 4.79 Å². The smallest absolute Gasteiger partial charge is 0.323 e. The van der Waals surface area contributed by atoms with E-state index >= 15 is 0 Å². The van der Waals surface area contributed by atoms with E-state index in [4.69, 9.17) is 21.7 Å². The van der Waals surface area contributed by atoms with E-state index in [2.05, 4.69) is 10.6 Å². The first-order valence-corrected chi connectivity index (χ1v) is 9.99. The number of nitrogens with zero attached hydrogens (tertiary/aromatic N) is 2. The fourth-order valence-corrected chi connectivity index (χ4v) is 2.61. The molecule has 0 spiro atoms. The Kier molecular flexibility index (Phi) is 10.1. The molecular formula is C20H34N4O4S. The van der Waals surface area contributed by atoms with Gasteiger partial charge in [-0.3, -0.25) is 4.90 Å². The molecule has 3 N–H and O–H groups in total. The van der Waals surface area contributed by atoms with Crippen LogP contribution in [0.2, 0.25) is 0 Å². The van der Waals surface area contributed by atoms with E-state index < -0.39 is 5.60 Å². The van der Waals surface area contributed by atoms with Crippen LogP contribution in [0.15, 0.2) is 18.2 Å². The molecule has 29 heavy (non-hydrogen) atoms. The number of hydrogen-bond donors (Lipinski definition) is 3. The molecule has 0 heterocycles. The molecule has 1 aromatic carbocycles. The molecule has 9 heteroatoms. The predicted molar refractivity (Wildman–Crippen MR) is 121 cm³/mol. The number of urea groups is 1. The Hall–Kier alpha value is -2.10. The molecule has 0 fully saturated rings. The average molecular weight is 427 g/mol. The molecule has 1 rings (SSSR count). The van der Waals surface area contributed by atoms with Gasteiger partial charge in [0.15, 0.2) is 5.11 Å². The van der Waals surface area contributed by atoms with Gasteiger partial charge >= 0.3 is 6.03 Å². The first-order valence-electron chi connectivity index (χ1n) is 9.58. The second kappa shape index (κ2) is 11.8. The van der Waals surface area contributed by atoms with E-state index in [-0.39, 0.29) is 11.1 Å². The fraction of sp³-hybridized carbons (Fsp3) is 0.600. The molecule has 2 amide bonds. The van der Waals surface area contributed by atoms with Crippen LogP contribution in [0.5, 0.6) is 5.75 Å². The lowest BCUT2D eigenvalue weighted by Gasteiger charge is -2.24. The summed E-state index contributed by atoms with van der Waals surface area (Å²) in [6.07, 6.45) is 1.08. The van der Waals surface area contributed by atoms with Crippen molar-refractivity contribution in [2.45, 2.75) is 32.3 Å². The van der Waals surface area contributed by atoms with Gasteiger partial charge in [-0.05, 0) is 50.2 Å². The number of nitrogens with one attached hydrogen (secondary N) is 2. The van der Waals surface area contributed by atoms with E-state index in [1.165, 1.54) is 4.90 Å². The maximum Gasteiger partial charge on any atom is 0.323 e. The summed E-state index contributed by atoms with van der Waals surface area (Å²) in [5.74, 6) is 0.615. The van der Waals surface area contributed by atoms with Crippen molar-refractivity contribution in [2.75, 3.05) is 58.2 Å². The van der Waals surface area contributed by atoms with Crippen LogP contribution in [0.4, 0.5) is 16.2 Å². The lowest BCUT2D eigenvalue weighted by Crippen LogP contribution is -2.44. The average Bonchev–Trinajstić information content (AvgIpc) is 2.70. The molecule has 0 radical (unpaired) electrons. The number of amides is 2. The molecule has 0 aliphatic rings.